The second kappa shape index (κ2) is 4.28. The molecule has 0 saturated carbocycles. The van der Waals surface area contributed by atoms with Crippen LogP contribution in [0.5, 0.6) is 0 Å². The summed E-state index contributed by atoms with van der Waals surface area (Å²) in [5.41, 5.74) is 1.65. The van der Waals surface area contributed by atoms with E-state index in [4.69, 9.17) is 0 Å². The highest BCUT2D eigenvalue weighted by Gasteiger charge is 2.32. The number of hydrogen-bond donors (Lipinski definition) is 1. The number of aromatic nitrogens is 2. The lowest BCUT2D eigenvalue weighted by Gasteiger charge is -2.26. The van der Waals surface area contributed by atoms with Gasteiger partial charge in [-0.15, -0.1) is 0 Å². The monoisotopic (exact) mass is 224 g/mol. The molecule has 1 N–H and O–H groups in total. The molecule has 1 atom stereocenters. The molecule has 16 heavy (non-hydrogen) atoms. The molecular weight excluding hydrogens is 204 g/mol. The SMILES string of the molecule is Cc1cc(CC(C(=O)O)C(C)(C)C)n(C)n1. The van der Waals surface area contributed by atoms with Crippen LogP contribution >= 0.6 is 0 Å². The Kier molecular flexibility index (Phi) is 3.41. The molecule has 1 aromatic rings. The number of nitrogens with zero attached hydrogens (tertiary/aromatic N) is 2. The van der Waals surface area contributed by atoms with Gasteiger partial charge in [0.15, 0.2) is 0 Å². The third kappa shape index (κ3) is 2.84. The van der Waals surface area contributed by atoms with Crippen LogP contribution in [0.25, 0.3) is 0 Å². The first-order valence-electron chi connectivity index (χ1n) is 5.44. The summed E-state index contributed by atoms with van der Waals surface area (Å²) in [7, 11) is 1.85. The number of hydrogen-bond acceptors (Lipinski definition) is 2. The lowest BCUT2D eigenvalue weighted by atomic mass is 9.78. The van der Waals surface area contributed by atoms with Crippen molar-refractivity contribution >= 4 is 5.97 Å². The zero-order valence-electron chi connectivity index (χ0n) is 10.6. The van der Waals surface area contributed by atoms with E-state index in [2.05, 4.69) is 5.10 Å². The molecule has 1 rings (SSSR count). The minimum Gasteiger partial charge on any atom is -0.481 e. The van der Waals surface area contributed by atoms with E-state index in [1.54, 1.807) is 4.68 Å². The molecule has 0 saturated heterocycles. The third-order valence-corrected chi connectivity index (χ3v) is 2.86. The summed E-state index contributed by atoms with van der Waals surface area (Å²) >= 11 is 0. The van der Waals surface area contributed by atoms with Crippen molar-refractivity contribution in [2.75, 3.05) is 0 Å². The van der Waals surface area contributed by atoms with Gasteiger partial charge in [-0.25, -0.2) is 0 Å². The Morgan fingerprint density at radius 2 is 2.12 bits per heavy atom. The van der Waals surface area contributed by atoms with Gasteiger partial charge < -0.3 is 5.11 Å². The Morgan fingerprint density at radius 3 is 2.44 bits per heavy atom. The molecule has 0 bridgehead atoms. The van der Waals surface area contributed by atoms with E-state index in [0.717, 1.165) is 11.4 Å². The summed E-state index contributed by atoms with van der Waals surface area (Å²) in [6.45, 7) is 7.77. The standard InChI is InChI=1S/C12H20N2O2/c1-8-6-9(14(5)13-8)7-10(11(15)16)12(2,3)4/h6,10H,7H2,1-5H3,(H,15,16). The van der Waals surface area contributed by atoms with Gasteiger partial charge in [0.25, 0.3) is 0 Å². The molecule has 4 nitrogen and oxygen atoms in total. The number of aryl methyl sites for hydroxylation is 2. The highest BCUT2D eigenvalue weighted by Crippen LogP contribution is 2.29. The van der Waals surface area contributed by atoms with E-state index in [-0.39, 0.29) is 11.3 Å². The van der Waals surface area contributed by atoms with Crippen molar-refractivity contribution in [3.63, 3.8) is 0 Å². The van der Waals surface area contributed by atoms with Crippen LogP contribution in [0.1, 0.15) is 32.2 Å². The first-order valence-corrected chi connectivity index (χ1v) is 5.44. The van der Waals surface area contributed by atoms with Gasteiger partial charge in [-0.3, -0.25) is 9.48 Å². The number of carbonyl (C=O) groups is 1. The molecule has 1 aromatic heterocycles. The summed E-state index contributed by atoms with van der Waals surface area (Å²) in [5.74, 6) is -1.13. The molecule has 0 aromatic carbocycles. The highest BCUT2D eigenvalue weighted by atomic mass is 16.4. The molecule has 0 aliphatic heterocycles. The van der Waals surface area contributed by atoms with Crippen molar-refractivity contribution in [2.24, 2.45) is 18.4 Å². The Hall–Kier alpha value is -1.32. The van der Waals surface area contributed by atoms with Crippen molar-refractivity contribution in [3.05, 3.63) is 17.5 Å². The first kappa shape index (κ1) is 12.7. The zero-order valence-corrected chi connectivity index (χ0v) is 10.6. The number of carboxylic acids is 1. The van der Waals surface area contributed by atoms with E-state index in [0.29, 0.717) is 6.42 Å². The Balaban J connectivity index is 2.93. The van der Waals surface area contributed by atoms with Crippen LogP contribution in [0.15, 0.2) is 6.07 Å². The maximum absolute atomic E-state index is 11.2. The minimum absolute atomic E-state index is 0.246. The van der Waals surface area contributed by atoms with E-state index < -0.39 is 5.97 Å². The second-order valence-corrected chi connectivity index (χ2v) is 5.36. The van der Waals surface area contributed by atoms with Gasteiger partial charge >= 0.3 is 5.97 Å². The molecule has 90 valence electrons. The van der Waals surface area contributed by atoms with Gasteiger partial charge in [0.05, 0.1) is 11.6 Å². The predicted octanol–water partition coefficient (Wildman–Crippen LogP) is 2.02. The minimum atomic E-state index is -0.744. The molecule has 0 radical (unpaired) electrons. The molecule has 0 aliphatic rings. The Labute approximate surface area is 96.3 Å². The van der Waals surface area contributed by atoms with E-state index in [1.165, 1.54) is 0 Å². The third-order valence-electron chi connectivity index (χ3n) is 2.86. The summed E-state index contributed by atoms with van der Waals surface area (Å²) < 4.78 is 1.76. The first-order chi connectivity index (χ1) is 7.21. The zero-order chi connectivity index (χ0) is 12.5. The smallest absolute Gasteiger partial charge is 0.307 e. The fourth-order valence-electron chi connectivity index (χ4n) is 1.83. The molecule has 4 heteroatoms. The fraction of sp³-hybridized carbons (Fsp3) is 0.667. The van der Waals surface area contributed by atoms with Crippen LogP contribution < -0.4 is 0 Å². The van der Waals surface area contributed by atoms with E-state index in [1.807, 2.05) is 40.8 Å². The summed E-state index contributed by atoms with van der Waals surface area (Å²) in [6.07, 6.45) is 0.524. The van der Waals surface area contributed by atoms with Crippen LogP contribution in [0.2, 0.25) is 0 Å². The van der Waals surface area contributed by atoms with E-state index in [9.17, 15) is 9.90 Å². The normalized spacial score (nSPS) is 13.8. The van der Waals surface area contributed by atoms with Crippen LogP contribution in [0, 0.1) is 18.3 Å². The van der Waals surface area contributed by atoms with Gasteiger partial charge in [0.2, 0.25) is 0 Å². The average Bonchev–Trinajstić information content (AvgIpc) is 2.38. The molecule has 0 fully saturated rings. The number of aliphatic carboxylic acids is 1. The summed E-state index contributed by atoms with van der Waals surface area (Å²) in [4.78, 5) is 11.2. The van der Waals surface area contributed by atoms with Crippen LogP contribution in [-0.2, 0) is 18.3 Å². The maximum atomic E-state index is 11.2. The van der Waals surface area contributed by atoms with Gasteiger partial charge in [0, 0.05) is 19.2 Å². The number of carboxylic acid groups (broad SMARTS) is 1. The highest BCUT2D eigenvalue weighted by molar-refractivity contribution is 5.71. The lowest BCUT2D eigenvalue weighted by Crippen LogP contribution is -2.30. The Bertz CT molecular complexity index is 388. The lowest BCUT2D eigenvalue weighted by molar-refractivity contribution is -0.145. The van der Waals surface area contributed by atoms with Gasteiger partial charge in [-0.2, -0.15) is 5.10 Å². The summed E-state index contributed by atoms with van der Waals surface area (Å²) in [6, 6.07) is 1.95. The molecule has 0 aliphatic carbocycles. The molecule has 1 heterocycles. The van der Waals surface area contributed by atoms with Crippen molar-refractivity contribution in [1.29, 1.82) is 0 Å². The quantitative estimate of drug-likeness (QED) is 0.854. The fourth-order valence-corrected chi connectivity index (χ4v) is 1.83. The largest absolute Gasteiger partial charge is 0.481 e. The van der Waals surface area contributed by atoms with Crippen molar-refractivity contribution in [3.8, 4) is 0 Å². The van der Waals surface area contributed by atoms with Crippen LogP contribution in [0.3, 0.4) is 0 Å². The van der Waals surface area contributed by atoms with Gasteiger partial charge in [-0.1, -0.05) is 20.8 Å². The predicted molar refractivity (Wildman–Crippen MR) is 62.2 cm³/mol. The maximum Gasteiger partial charge on any atom is 0.307 e. The van der Waals surface area contributed by atoms with Crippen molar-refractivity contribution in [2.45, 2.75) is 34.1 Å². The molecular formula is C12H20N2O2. The van der Waals surface area contributed by atoms with Crippen molar-refractivity contribution < 1.29 is 9.90 Å². The average molecular weight is 224 g/mol. The molecule has 0 amide bonds. The van der Waals surface area contributed by atoms with Gasteiger partial charge in [0.1, 0.15) is 0 Å². The van der Waals surface area contributed by atoms with Crippen LogP contribution in [0.4, 0.5) is 0 Å². The molecule has 0 spiro atoms. The Morgan fingerprint density at radius 1 is 1.56 bits per heavy atom. The topological polar surface area (TPSA) is 55.1 Å². The van der Waals surface area contributed by atoms with Crippen molar-refractivity contribution in [1.82, 2.24) is 9.78 Å². The summed E-state index contributed by atoms with van der Waals surface area (Å²) in [5, 5.41) is 13.5. The van der Waals surface area contributed by atoms with E-state index >= 15 is 0 Å². The molecule has 1 unspecified atom stereocenters. The van der Waals surface area contributed by atoms with Crippen LogP contribution in [-0.4, -0.2) is 20.9 Å². The second-order valence-electron chi connectivity index (χ2n) is 5.36. The van der Waals surface area contributed by atoms with Gasteiger partial charge in [-0.05, 0) is 18.4 Å². The number of rotatable bonds is 3.